The molecule has 0 saturated carbocycles. The van der Waals surface area contributed by atoms with Crippen molar-refractivity contribution in [2.75, 3.05) is 16.8 Å². The predicted octanol–water partition coefficient (Wildman–Crippen LogP) is 4.46. The Morgan fingerprint density at radius 3 is 2.12 bits per heavy atom. The Hall–Kier alpha value is -2.33. The smallest absolute Gasteiger partial charge is 0.244 e. The Balaban J connectivity index is 2.24. The zero-order valence-electron chi connectivity index (χ0n) is 14.8. The van der Waals surface area contributed by atoms with Gasteiger partial charge >= 0.3 is 0 Å². The second-order valence-electron chi connectivity index (χ2n) is 5.76. The van der Waals surface area contributed by atoms with E-state index in [1.54, 1.807) is 24.3 Å². The zero-order valence-corrected chi connectivity index (χ0v) is 15.6. The number of rotatable bonds is 6. The fraction of sp³-hybridized carbons (Fsp3) is 0.300. The second kappa shape index (κ2) is 8.67. The third-order valence-corrected chi connectivity index (χ3v) is 4.41. The van der Waals surface area contributed by atoms with E-state index in [1.165, 1.54) is 11.8 Å². The summed E-state index contributed by atoms with van der Waals surface area (Å²) in [6.45, 7) is 5.44. The molecule has 2 amide bonds. The highest BCUT2D eigenvalue weighted by atomic mass is 35.5. The fourth-order valence-electron chi connectivity index (χ4n) is 2.76. The van der Waals surface area contributed by atoms with Crippen LogP contribution in [0.3, 0.4) is 0 Å². The zero-order chi connectivity index (χ0) is 18.4. The first kappa shape index (κ1) is 19.0. The Labute approximate surface area is 153 Å². The van der Waals surface area contributed by atoms with E-state index in [4.69, 9.17) is 11.6 Å². The van der Waals surface area contributed by atoms with Gasteiger partial charge in [0.05, 0.1) is 10.7 Å². The molecule has 0 aliphatic rings. The van der Waals surface area contributed by atoms with Crippen LogP contribution in [0.2, 0.25) is 5.02 Å². The van der Waals surface area contributed by atoms with Crippen LogP contribution in [0.15, 0.2) is 42.5 Å². The monoisotopic (exact) mass is 358 g/mol. The summed E-state index contributed by atoms with van der Waals surface area (Å²) in [5.41, 5.74) is 3.55. The SMILES string of the molecule is CCc1cccc(CC)c1NC(=O)CN(C(C)=O)c1ccccc1Cl. The van der Waals surface area contributed by atoms with Crippen molar-refractivity contribution in [2.24, 2.45) is 0 Å². The first-order valence-electron chi connectivity index (χ1n) is 8.41. The van der Waals surface area contributed by atoms with Gasteiger partial charge in [-0.25, -0.2) is 0 Å². The molecule has 1 N–H and O–H groups in total. The summed E-state index contributed by atoms with van der Waals surface area (Å²) in [5, 5.41) is 3.42. The van der Waals surface area contributed by atoms with Crippen LogP contribution in [-0.4, -0.2) is 18.4 Å². The molecule has 0 aliphatic carbocycles. The number of amides is 2. The second-order valence-corrected chi connectivity index (χ2v) is 6.17. The Bertz CT molecular complexity index is 752. The molecule has 0 heterocycles. The van der Waals surface area contributed by atoms with Gasteiger partial charge in [-0.3, -0.25) is 9.59 Å². The average molecular weight is 359 g/mol. The maximum atomic E-state index is 12.6. The number of nitrogens with zero attached hydrogens (tertiary/aromatic N) is 1. The molecule has 132 valence electrons. The largest absolute Gasteiger partial charge is 0.324 e. The summed E-state index contributed by atoms with van der Waals surface area (Å²) in [5.74, 6) is -0.478. The van der Waals surface area contributed by atoms with Crippen molar-refractivity contribution in [1.29, 1.82) is 0 Å². The van der Waals surface area contributed by atoms with Crippen LogP contribution in [0.1, 0.15) is 31.9 Å². The van der Waals surface area contributed by atoms with E-state index in [1.807, 2.05) is 18.2 Å². The van der Waals surface area contributed by atoms with Crippen LogP contribution in [-0.2, 0) is 22.4 Å². The van der Waals surface area contributed by atoms with E-state index >= 15 is 0 Å². The van der Waals surface area contributed by atoms with Crippen LogP contribution in [0, 0.1) is 0 Å². The van der Waals surface area contributed by atoms with Crippen LogP contribution < -0.4 is 10.2 Å². The van der Waals surface area contributed by atoms with Crippen molar-refractivity contribution in [3.8, 4) is 0 Å². The minimum Gasteiger partial charge on any atom is -0.324 e. The lowest BCUT2D eigenvalue weighted by atomic mass is 10.0. The van der Waals surface area contributed by atoms with Gasteiger partial charge in [-0.1, -0.05) is 55.8 Å². The number of carbonyl (C=O) groups is 2. The molecule has 4 nitrogen and oxygen atoms in total. The Kier molecular flexibility index (Phi) is 6.59. The summed E-state index contributed by atoms with van der Waals surface area (Å²) in [4.78, 5) is 26.0. The van der Waals surface area contributed by atoms with Crippen LogP contribution in [0.5, 0.6) is 0 Å². The highest BCUT2D eigenvalue weighted by Crippen LogP contribution is 2.26. The van der Waals surface area contributed by atoms with Crippen molar-refractivity contribution in [2.45, 2.75) is 33.6 Å². The number of para-hydroxylation sites is 2. The first-order chi connectivity index (χ1) is 12.0. The molecule has 5 heteroatoms. The van der Waals surface area contributed by atoms with E-state index in [0.29, 0.717) is 10.7 Å². The standard InChI is InChI=1S/C20H23ClN2O2/c1-4-15-9-8-10-16(5-2)20(15)22-19(25)13-23(14(3)24)18-12-7-6-11-17(18)21/h6-12H,4-5,13H2,1-3H3,(H,22,25). The molecule has 0 unspecified atom stereocenters. The molecular formula is C20H23ClN2O2. The molecule has 0 aliphatic heterocycles. The molecule has 0 aromatic heterocycles. The van der Waals surface area contributed by atoms with Crippen molar-refractivity contribution in [1.82, 2.24) is 0 Å². The normalized spacial score (nSPS) is 10.4. The highest BCUT2D eigenvalue weighted by Gasteiger charge is 2.19. The van der Waals surface area contributed by atoms with Gasteiger partial charge < -0.3 is 10.2 Å². The number of nitrogens with one attached hydrogen (secondary N) is 1. The van der Waals surface area contributed by atoms with E-state index < -0.39 is 0 Å². The Morgan fingerprint density at radius 1 is 1.00 bits per heavy atom. The van der Waals surface area contributed by atoms with Gasteiger partial charge in [0.25, 0.3) is 0 Å². The third-order valence-electron chi connectivity index (χ3n) is 4.09. The number of hydrogen-bond donors (Lipinski definition) is 1. The minimum absolute atomic E-state index is 0.0831. The molecule has 2 rings (SSSR count). The first-order valence-corrected chi connectivity index (χ1v) is 8.78. The van der Waals surface area contributed by atoms with Crippen LogP contribution in [0.4, 0.5) is 11.4 Å². The van der Waals surface area contributed by atoms with Crippen LogP contribution in [0.25, 0.3) is 0 Å². The topological polar surface area (TPSA) is 49.4 Å². The van der Waals surface area contributed by atoms with Crippen molar-refractivity contribution in [3.05, 3.63) is 58.6 Å². The highest BCUT2D eigenvalue weighted by molar-refractivity contribution is 6.33. The quantitative estimate of drug-likeness (QED) is 0.828. The van der Waals surface area contributed by atoms with Gasteiger partial charge in [0.1, 0.15) is 6.54 Å². The number of anilines is 2. The number of halogens is 1. The molecule has 0 spiro atoms. The minimum atomic E-state index is -0.245. The van der Waals surface area contributed by atoms with Gasteiger partial charge in [0.15, 0.2) is 0 Å². The lowest BCUT2D eigenvalue weighted by Gasteiger charge is -2.22. The lowest BCUT2D eigenvalue weighted by Crippen LogP contribution is -2.37. The van der Waals surface area contributed by atoms with Gasteiger partial charge in [-0.2, -0.15) is 0 Å². The third kappa shape index (κ3) is 4.60. The molecule has 25 heavy (non-hydrogen) atoms. The van der Waals surface area contributed by atoms with Gasteiger partial charge in [0, 0.05) is 12.6 Å². The maximum Gasteiger partial charge on any atom is 0.244 e. The number of benzene rings is 2. The van der Waals surface area contributed by atoms with Crippen molar-refractivity contribution < 1.29 is 9.59 Å². The molecule has 0 radical (unpaired) electrons. The molecule has 2 aromatic carbocycles. The van der Waals surface area contributed by atoms with Gasteiger partial charge in [0.2, 0.25) is 11.8 Å². The van der Waals surface area contributed by atoms with Crippen LogP contribution >= 0.6 is 11.6 Å². The summed E-state index contributed by atoms with van der Waals surface area (Å²) >= 11 is 6.18. The summed E-state index contributed by atoms with van der Waals surface area (Å²) in [7, 11) is 0. The molecule has 0 atom stereocenters. The van der Waals surface area contributed by atoms with Gasteiger partial charge in [-0.15, -0.1) is 0 Å². The fourth-order valence-corrected chi connectivity index (χ4v) is 3.00. The number of aryl methyl sites for hydroxylation is 2. The predicted molar refractivity (Wildman–Crippen MR) is 103 cm³/mol. The number of hydrogen-bond acceptors (Lipinski definition) is 2. The Morgan fingerprint density at radius 2 is 1.60 bits per heavy atom. The molecule has 0 saturated heterocycles. The van der Waals surface area contributed by atoms with Gasteiger partial charge in [-0.05, 0) is 36.1 Å². The van der Waals surface area contributed by atoms with Crippen molar-refractivity contribution in [3.63, 3.8) is 0 Å². The van der Waals surface area contributed by atoms with E-state index in [0.717, 1.165) is 29.7 Å². The molecular weight excluding hydrogens is 336 g/mol. The summed E-state index contributed by atoms with van der Waals surface area (Å²) < 4.78 is 0. The lowest BCUT2D eigenvalue weighted by molar-refractivity contribution is -0.120. The molecule has 0 fully saturated rings. The number of carbonyl (C=O) groups excluding carboxylic acids is 2. The van der Waals surface area contributed by atoms with E-state index in [2.05, 4.69) is 19.2 Å². The summed E-state index contributed by atoms with van der Waals surface area (Å²) in [6, 6.07) is 13.0. The van der Waals surface area contributed by atoms with E-state index in [-0.39, 0.29) is 18.4 Å². The molecule has 2 aromatic rings. The summed E-state index contributed by atoms with van der Waals surface area (Å²) in [6.07, 6.45) is 1.65. The average Bonchev–Trinajstić information content (AvgIpc) is 2.60. The maximum absolute atomic E-state index is 12.6. The molecule has 0 bridgehead atoms. The van der Waals surface area contributed by atoms with E-state index in [9.17, 15) is 9.59 Å². The van der Waals surface area contributed by atoms with Crippen molar-refractivity contribution >= 4 is 34.8 Å².